The molecule has 3 heterocycles. The first kappa shape index (κ1) is 21.3. The molecule has 0 atom stereocenters. The lowest BCUT2D eigenvalue weighted by Gasteiger charge is -2.26. The first-order valence-electron chi connectivity index (χ1n) is 11.2. The summed E-state index contributed by atoms with van der Waals surface area (Å²) in [7, 11) is 0. The summed E-state index contributed by atoms with van der Waals surface area (Å²) in [6.07, 6.45) is 6.80. The Hall–Kier alpha value is -2.93. The lowest BCUT2D eigenvalue weighted by atomic mass is 10.1. The predicted octanol–water partition coefficient (Wildman–Crippen LogP) is 3.49. The summed E-state index contributed by atoms with van der Waals surface area (Å²) in [6.45, 7) is 4.41. The number of fused-ring (bicyclic) bond motifs is 2. The Balaban J connectivity index is 1.29. The maximum Gasteiger partial charge on any atom is 0.243 e. The number of carbonyl (C=O) groups excluding carboxylic acids is 2. The SMILES string of the molecule is O=C(CCC(=O)N1Cc2ccccc2Oc2ncccc21)NCCCN1CCCCC1. The van der Waals surface area contributed by atoms with Gasteiger partial charge < -0.3 is 19.9 Å². The van der Waals surface area contributed by atoms with E-state index in [0.717, 1.165) is 18.5 Å². The average Bonchev–Trinajstić information content (AvgIpc) is 2.98. The second kappa shape index (κ2) is 10.4. The highest BCUT2D eigenvalue weighted by atomic mass is 16.5. The van der Waals surface area contributed by atoms with Gasteiger partial charge in [0.2, 0.25) is 17.7 Å². The van der Waals surface area contributed by atoms with Crippen molar-refractivity contribution in [2.24, 2.45) is 0 Å². The number of carbonyl (C=O) groups is 2. The minimum atomic E-state index is -0.113. The molecule has 4 rings (SSSR count). The van der Waals surface area contributed by atoms with Crippen molar-refractivity contribution >= 4 is 17.5 Å². The molecule has 2 aliphatic heterocycles. The zero-order chi connectivity index (χ0) is 21.5. The molecule has 0 radical (unpaired) electrons. The summed E-state index contributed by atoms with van der Waals surface area (Å²) in [5, 5.41) is 2.95. The number of hydrogen-bond donors (Lipinski definition) is 1. The van der Waals surface area contributed by atoms with Gasteiger partial charge in [-0.05, 0) is 57.1 Å². The van der Waals surface area contributed by atoms with E-state index < -0.39 is 0 Å². The molecular weight excluding hydrogens is 392 g/mol. The fourth-order valence-corrected chi connectivity index (χ4v) is 4.14. The maximum atomic E-state index is 13.0. The molecule has 2 aromatic rings. The summed E-state index contributed by atoms with van der Waals surface area (Å²) in [6, 6.07) is 11.2. The highest BCUT2D eigenvalue weighted by molar-refractivity contribution is 5.96. The molecule has 1 aromatic heterocycles. The van der Waals surface area contributed by atoms with Crippen LogP contribution in [0.5, 0.6) is 11.6 Å². The fourth-order valence-electron chi connectivity index (χ4n) is 4.14. The lowest BCUT2D eigenvalue weighted by molar-refractivity contribution is -0.125. The maximum absolute atomic E-state index is 13.0. The first-order valence-corrected chi connectivity index (χ1v) is 11.2. The molecule has 2 aliphatic rings. The summed E-state index contributed by atoms with van der Waals surface area (Å²) < 4.78 is 5.94. The number of nitrogens with zero attached hydrogens (tertiary/aromatic N) is 3. The quantitative estimate of drug-likeness (QED) is 0.692. The molecule has 7 nitrogen and oxygen atoms in total. The Morgan fingerprint density at radius 2 is 1.87 bits per heavy atom. The van der Waals surface area contributed by atoms with Crippen LogP contribution in [0, 0.1) is 0 Å². The fraction of sp³-hybridized carbons (Fsp3) is 0.458. The molecule has 0 spiro atoms. The average molecular weight is 423 g/mol. The topological polar surface area (TPSA) is 74.8 Å². The molecular formula is C24H30N4O3. The number of benzene rings is 1. The molecule has 0 bridgehead atoms. The number of anilines is 1. The molecule has 1 aromatic carbocycles. The van der Waals surface area contributed by atoms with E-state index in [4.69, 9.17) is 4.74 Å². The van der Waals surface area contributed by atoms with Crippen LogP contribution < -0.4 is 15.0 Å². The largest absolute Gasteiger partial charge is 0.437 e. The van der Waals surface area contributed by atoms with E-state index in [9.17, 15) is 9.59 Å². The van der Waals surface area contributed by atoms with Gasteiger partial charge in [-0.2, -0.15) is 0 Å². The molecule has 0 aliphatic carbocycles. The van der Waals surface area contributed by atoms with Crippen molar-refractivity contribution in [3.63, 3.8) is 0 Å². The second-order valence-corrected chi connectivity index (χ2v) is 8.12. The minimum Gasteiger partial charge on any atom is -0.437 e. The van der Waals surface area contributed by atoms with Crippen molar-refractivity contribution in [1.29, 1.82) is 0 Å². The van der Waals surface area contributed by atoms with Gasteiger partial charge in [0.25, 0.3) is 0 Å². The van der Waals surface area contributed by atoms with Gasteiger partial charge in [0.15, 0.2) is 0 Å². The van der Waals surface area contributed by atoms with Gasteiger partial charge in [-0.15, -0.1) is 0 Å². The van der Waals surface area contributed by atoms with Crippen LogP contribution in [-0.4, -0.2) is 47.9 Å². The first-order chi connectivity index (χ1) is 15.2. The number of ether oxygens (including phenoxy) is 1. The number of pyridine rings is 1. The van der Waals surface area contributed by atoms with Gasteiger partial charge in [-0.1, -0.05) is 24.6 Å². The molecule has 0 saturated carbocycles. The Labute approximate surface area is 183 Å². The molecule has 164 valence electrons. The number of nitrogens with one attached hydrogen (secondary N) is 1. The predicted molar refractivity (Wildman–Crippen MR) is 119 cm³/mol. The smallest absolute Gasteiger partial charge is 0.243 e. The van der Waals surface area contributed by atoms with Crippen molar-refractivity contribution in [2.45, 2.75) is 45.1 Å². The summed E-state index contributed by atoms with van der Waals surface area (Å²) >= 11 is 0. The van der Waals surface area contributed by atoms with Crippen LogP contribution in [0.15, 0.2) is 42.6 Å². The van der Waals surface area contributed by atoms with Gasteiger partial charge >= 0.3 is 0 Å². The van der Waals surface area contributed by atoms with Crippen LogP contribution in [0.25, 0.3) is 0 Å². The summed E-state index contributed by atoms with van der Waals surface area (Å²) in [5.41, 5.74) is 1.54. The molecule has 0 unspecified atom stereocenters. The van der Waals surface area contributed by atoms with Crippen LogP contribution in [0.1, 0.15) is 44.1 Å². The lowest BCUT2D eigenvalue weighted by Crippen LogP contribution is -2.34. The number of amides is 2. The Bertz CT molecular complexity index is 911. The number of para-hydroxylation sites is 1. The van der Waals surface area contributed by atoms with E-state index in [1.807, 2.05) is 30.3 Å². The normalized spacial score (nSPS) is 15.9. The minimum absolute atomic E-state index is 0.0788. The zero-order valence-electron chi connectivity index (χ0n) is 17.9. The van der Waals surface area contributed by atoms with Crippen molar-refractivity contribution in [2.75, 3.05) is 31.1 Å². The van der Waals surface area contributed by atoms with Gasteiger partial charge in [-0.3, -0.25) is 9.59 Å². The van der Waals surface area contributed by atoms with Crippen LogP contribution in [0.2, 0.25) is 0 Å². The second-order valence-electron chi connectivity index (χ2n) is 8.12. The van der Waals surface area contributed by atoms with Gasteiger partial charge in [0, 0.05) is 31.1 Å². The molecule has 2 amide bonds. The van der Waals surface area contributed by atoms with E-state index in [1.165, 1.54) is 32.4 Å². The third-order valence-electron chi connectivity index (χ3n) is 5.84. The molecule has 31 heavy (non-hydrogen) atoms. The van der Waals surface area contributed by atoms with E-state index >= 15 is 0 Å². The number of likely N-dealkylation sites (tertiary alicyclic amines) is 1. The van der Waals surface area contributed by atoms with E-state index in [2.05, 4.69) is 15.2 Å². The third kappa shape index (κ3) is 5.61. The van der Waals surface area contributed by atoms with Gasteiger partial charge in [-0.25, -0.2) is 4.98 Å². The monoisotopic (exact) mass is 422 g/mol. The van der Waals surface area contributed by atoms with Gasteiger partial charge in [0.1, 0.15) is 11.4 Å². The molecule has 7 heteroatoms. The van der Waals surface area contributed by atoms with Crippen molar-refractivity contribution in [1.82, 2.24) is 15.2 Å². The number of aromatic nitrogens is 1. The van der Waals surface area contributed by atoms with Crippen molar-refractivity contribution < 1.29 is 14.3 Å². The highest BCUT2D eigenvalue weighted by Gasteiger charge is 2.26. The molecule has 1 fully saturated rings. The van der Waals surface area contributed by atoms with Crippen LogP contribution >= 0.6 is 0 Å². The van der Waals surface area contributed by atoms with Crippen LogP contribution in [0.4, 0.5) is 5.69 Å². The molecule has 1 saturated heterocycles. The third-order valence-corrected chi connectivity index (χ3v) is 5.84. The zero-order valence-corrected chi connectivity index (χ0v) is 17.9. The summed E-state index contributed by atoms with van der Waals surface area (Å²) in [5.74, 6) is 0.912. The highest BCUT2D eigenvalue weighted by Crippen LogP contribution is 2.37. The Kier molecular flexibility index (Phi) is 7.14. The Morgan fingerprint density at radius 3 is 2.74 bits per heavy atom. The number of piperidine rings is 1. The van der Waals surface area contributed by atoms with Crippen molar-refractivity contribution in [3.05, 3.63) is 48.2 Å². The van der Waals surface area contributed by atoms with E-state index in [1.54, 1.807) is 17.2 Å². The number of hydrogen-bond acceptors (Lipinski definition) is 5. The Morgan fingerprint density at radius 1 is 1.03 bits per heavy atom. The standard InChI is InChI=1S/C24H30N4O3/c29-22(25-14-7-17-27-15-4-1-5-16-27)11-12-23(30)28-18-19-8-2-3-10-21(19)31-24-20(28)9-6-13-26-24/h2-3,6,8-10,13H,1,4-5,7,11-12,14-18H2,(H,25,29). The number of rotatable bonds is 7. The van der Waals surface area contributed by atoms with Crippen LogP contribution in [0.3, 0.4) is 0 Å². The molecule has 1 N–H and O–H groups in total. The van der Waals surface area contributed by atoms with Crippen molar-refractivity contribution in [3.8, 4) is 11.6 Å². The van der Waals surface area contributed by atoms with Gasteiger partial charge in [0.05, 0.1) is 6.54 Å². The van der Waals surface area contributed by atoms with E-state index in [0.29, 0.717) is 30.4 Å². The van der Waals surface area contributed by atoms with E-state index in [-0.39, 0.29) is 24.7 Å². The van der Waals surface area contributed by atoms with Crippen LogP contribution in [-0.2, 0) is 16.1 Å². The summed E-state index contributed by atoms with van der Waals surface area (Å²) in [4.78, 5) is 33.7.